The minimum absolute atomic E-state index is 0.327. The summed E-state index contributed by atoms with van der Waals surface area (Å²) in [5.74, 6) is 0. The maximum atomic E-state index is 3.61. The fraction of sp³-hybridized carbons (Fsp3) is 0.375. The Morgan fingerprint density at radius 3 is 2.50 bits per heavy atom. The van der Waals surface area contributed by atoms with E-state index in [1.54, 1.807) is 0 Å². The van der Waals surface area contributed by atoms with Crippen molar-refractivity contribution in [2.75, 3.05) is 6.54 Å². The van der Waals surface area contributed by atoms with Crippen molar-refractivity contribution < 1.29 is 0 Å². The van der Waals surface area contributed by atoms with Crippen LogP contribution in [0, 0.1) is 20.8 Å². The monoisotopic (exact) mass is 259 g/mol. The van der Waals surface area contributed by atoms with E-state index < -0.39 is 0 Å². The van der Waals surface area contributed by atoms with Crippen LogP contribution in [0.1, 0.15) is 39.4 Å². The summed E-state index contributed by atoms with van der Waals surface area (Å²) in [7, 11) is 0. The molecule has 18 heavy (non-hydrogen) atoms. The second-order valence-electron chi connectivity index (χ2n) is 4.73. The first kappa shape index (κ1) is 13.3. The first-order chi connectivity index (χ1) is 8.63. The molecule has 2 aromatic rings. The minimum atomic E-state index is 0.327. The van der Waals surface area contributed by atoms with Gasteiger partial charge in [0.05, 0.1) is 6.04 Å². The lowest BCUT2D eigenvalue weighted by molar-refractivity contribution is 0.636. The predicted molar refractivity (Wildman–Crippen MR) is 80.5 cm³/mol. The Hall–Kier alpha value is -1.12. The van der Waals surface area contributed by atoms with Crippen LogP contribution in [-0.4, -0.2) is 6.54 Å². The van der Waals surface area contributed by atoms with Crippen LogP contribution in [-0.2, 0) is 0 Å². The molecule has 1 nitrogen and oxygen atoms in total. The molecule has 0 bridgehead atoms. The van der Waals surface area contributed by atoms with Gasteiger partial charge in [0.1, 0.15) is 0 Å². The third kappa shape index (κ3) is 2.65. The van der Waals surface area contributed by atoms with Crippen molar-refractivity contribution >= 4 is 11.3 Å². The molecule has 0 spiro atoms. The fourth-order valence-electron chi connectivity index (χ4n) is 2.26. The zero-order chi connectivity index (χ0) is 13.1. The number of aryl methyl sites for hydroxylation is 2. The van der Waals surface area contributed by atoms with Gasteiger partial charge in [-0.05, 0) is 56.1 Å². The van der Waals surface area contributed by atoms with Gasteiger partial charge in [-0.25, -0.2) is 0 Å². The van der Waals surface area contributed by atoms with Gasteiger partial charge in [0.2, 0.25) is 0 Å². The second kappa shape index (κ2) is 5.68. The first-order valence-electron chi connectivity index (χ1n) is 6.49. The van der Waals surface area contributed by atoms with Crippen molar-refractivity contribution in [3.63, 3.8) is 0 Å². The molecule has 0 amide bonds. The van der Waals surface area contributed by atoms with Gasteiger partial charge in [0.25, 0.3) is 0 Å². The van der Waals surface area contributed by atoms with Gasteiger partial charge in [-0.15, -0.1) is 11.3 Å². The number of rotatable bonds is 4. The molecular weight excluding hydrogens is 238 g/mol. The molecule has 0 fully saturated rings. The van der Waals surface area contributed by atoms with Crippen molar-refractivity contribution in [3.05, 3.63) is 56.8 Å². The zero-order valence-corrected chi connectivity index (χ0v) is 12.4. The lowest BCUT2D eigenvalue weighted by Crippen LogP contribution is -2.22. The number of hydrogen-bond donors (Lipinski definition) is 1. The highest BCUT2D eigenvalue weighted by atomic mass is 32.1. The van der Waals surface area contributed by atoms with Crippen LogP contribution in [0.3, 0.4) is 0 Å². The summed E-state index contributed by atoms with van der Waals surface area (Å²) in [5.41, 5.74) is 4.16. The van der Waals surface area contributed by atoms with Gasteiger partial charge >= 0.3 is 0 Å². The molecular formula is C16H21NS. The third-order valence-corrected chi connectivity index (χ3v) is 4.48. The Bertz CT molecular complexity index is 528. The highest BCUT2D eigenvalue weighted by Gasteiger charge is 2.17. The molecule has 1 unspecified atom stereocenters. The SMILES string of the molecule is CCNC(c1ccc(C)s1)c1cccc(C)c1C. The Morgan fingerprint density at radius 1 is 1.11 bits per heavy atom. The summed E-state index contributed by atoms with van der Waals surface area (Å²) >= 11 is 1.88. The van der Waals surface area contributed by atoms with Gasteiger partial charge in [-0.2, -0.15) is 0 Å². The molecule has 0 aliphatic heterocycles. The molecule has 1 aromatic heterocycles. The van der Waals surface area contributed by atoms with E-state index in [9.17, 15) is 0 Å². The summed E-state index contributed by atoms with van der Waals surface area (Å²) in [6.45, 7) is 9.71. The molecule has 0 aliphatic rings. The molecule has 0 radical (unpaired) electrons. The van der Waals surface area contributed by atoms with E-state index in [0.29, 0.717) is 6.04 Å². The van der Waals surface area contributed by atoms with Crippen LogP contribution >= 0.6 is 11.3 Å². The highest BCUT2D eigenvalue weighted by Crippen LogP contribution is 2.30. The van der Waals surface area contributed by atoms with E-state index in [2.05, 4.69) is 63.3 Å². The fourth-order valence-corrected chi connectivity index (χ4v) is 3.24. The lowest BCUT2D eigenvalue weighted by Gasteiger charge is -2.20. The van der Waals surface area contributed by atoms with Crippen molar-refractivity contribution in [2.24, 2.45) is 0 Å². The van der Waals surface area contributed by atoms with Gasteiger partial charge in [0, 0.05) is 9.75 Å². The molecule has 2 heteroatoms. The second-order valence-corrected chi connectivity index (χ2v) is 6.05. The van der Waals surface area contributed by atoms with E-state index >= 15 is 0 Å². The van der Waals surface area contributed by atoms with E-state index in [1.165, 1.54) is 26.4 Å². The van der Waals surface area contributed by atoms with Gasteiger partial charge in [-0.1, -0.05) is 25.1 Å². The van der Waals surface area contributed by atoms with Crippen molar-refractivity contribution in [1.82, 2.24) is 5.32 Å². The molecule has 0 saturated carbocycles. The maximum absolute atomic E-state index is 3.61. The summed E-state index contributed by atoms with van der Waals surface area (Å²) in [4.78, 5) is 2.78. The molecule has 96 valence electrons. The summed E-state index contributed by atoms with van der Waals surface area (Å²) in [6, 6.07) is 11.4. The van der Waals surface area contributed by atoms with Gasteiger partial charge in [-0.3, -0.25) is 0 Å². The first-order valence-corrected chi connectivity index (χ1v) is 7.31. The number of hydrogen-bond acceptors (Lipinski definition) is 2. The molecule has 0 aliphatic carbocycles. The lowest BCUT2D eigenvalue weighted by atomic mass is 9.96. The number of benzene rings is 1. The Kier molecular flexibility index (Phi) is 4.20. The topological polar surface area (TPSA) is 12.0 Å². The molecule has 1 aromatic carbocycles. The van der Waals surface area contributed by atoms with E-state index in [1.807, 2.05) is 11.3 Å². The molecule has 1 heterocycles. The maximum Gasteiger partial charge on any atom is 0.0673 e. The van der Waals surface area contributed by atoms with Crippen molar-refractivity contribution in [3.8, 4) is 0 Å². The van der Waals surface area contributed by atoms with Crippen LogP contribution in [0.2, 0.25) is 0 Å². The van der Waals surface area contributed by atoms with Gasteiger partial charge in [0.15, 0.2) is 0 Å². The van der Waals surface area contributed by atoms with E-state index in [0.717, 1.165) is 6.54 Å². The Labute approximate surface area is 114 Å². The van der Waals surface area contributed by atoms with Crippen LogP contribution < -0.4 is 5.32 Å². The average molecular weight is 259 g/mol. The number of thiophene rings is 1. The van der Waals surface area contributed by atoms with Crippen LogP contribution in [0.25, 0.3) is 0 Å². The predicted octanol–water partition coefficient (Wildman–Crippen LogP) is 4.37. The smallest absolute Gasteiger partial charge is 0.0673 e. The van der Waals surface area contributed by atoms with Gasteiger partial charge < -0.3 is 5.32 Å². The highest BCUT2D eigenvalue weighted by molar-refractivity contribution is 7.12. The van der Waals surface area contributed by atoms with Crippen molar-refractivity contribution in [2.45, 2.75) is 33.7 Å². The largest absolute Gasteiger partial charge is 0.306 e. The quantitative estimate of drug-likeness (QED) is 0.859. The molecule has 0 saturated heterocycles. The summed E-state index contributed by atoms with van der Waals surface area (Å²) in [5, 5.41) is 3.61. The van der Waals surface area contributed by atoms with Crippen molar-refractivity contribution in [1.29, 1.82) is 0 Å². The third-order valence-electron chi connectivity index (χ3n) is 3.41. The number of nitrogens with one attached hydrogen (secondary N) is 1. The molecule has 2 rings (SSSR count). The molecule has 1 N–H and O–H groups in total. The Morgan fingerprint density at radius 2 is 1.89 bits per heavy atom. The van der Waals surface area contributed by atoms with E-state index in [4.69, 9.17) is 0 Å². The normalized spacial score (nSPS) is 12.7. The van der Waals surface area contributed by atoms with Crippen LogP contribution in [0.4, 0.5) is 0 Å². The standard InChI is InChI=1S/C16H21NS/c1-5-17-16(15-10-9-12(3)18-15)14-8-6-7-11(2)13(14)4/h6-10,16-17H,5H2,1-4H3. The Balaban J connectivity index is 2.44. The minimum Gasteiger partial charge on any atom is -0.306 e. The summed E-state index contributed by atoms with van der Waals surface area (Å²) < 4.78 is 0. The van der Waals surface area contributed by atoms with Crippen LogP contribution in [0.15, 0.2) is 30.3 Å². The van der Waals surface area contributed by atoms with Crippen LogP contribution in [0.5, 0.6) is 0 Å². The zero-order valence-electron chi connectivity index (χ0n) is 11.6. The van der Waals surface area contributed by atoms with E-state index in [-0.39, 0.29) is 0 Å². The average Bonchev–Trinajstić information content (AvgIpc) is 2.77. The molecule has 1 atom stereocenters. The summed E-state index contributed by atoms with van der Waals surface area (Å²) in [6.07, 6.45) is 0.